The molecule has 0 aliphatic heterocycles. The van der Waals surface area contributed by atoms with Gasteiger partial charge in [-0.2, -0.15) is 11.3 Å². The van der Waals surface area contributed by atoms with Gasteiger partial charge in [-0.3, -0.25) is 9.59 Å². The summed E-state index contributed by atoms with van der Waals surface area (Å²) in [5.41, 5.74) is 3.88. The maximum absolute atomic E-state index is 13.7. The molecule has 2 aromatic heterocycles. The standard InChI is InChI=1S/C26H27N3O2S2/c1-18(30)29(14-12-20-13-15-33-17-20)24(25(31)27-16-19-8-4-3-5-9-19)23-21-10-6-7-11-22(21)28(2)26(23)32/h3-11,13,15,17,24,32H,12,14,16H2,1-2H3,(H,27,31). The summed E-state index contributed by atoms with van der Waals surface area (Å²) in [6, 6.07) is 18.9. The van der Waals surface area contributed by atoms with Gasteiger partial charge in [0.05, 0.1) is 5.03 Å². The molecule has 33 heavy (non-hydrogen) atoms. The minimum Gasteiger partial charge on any atom is -0.350 e. The molecule has 1 atom stereocenters. The molecule has 4 aromatic rings. The highest BCUT2D eigenvalue weighted by atomic mass is 32.1. The summed E-state index contributed by atoms with van der Waals surface area (Å²) in [7, 11) is 1.93. The Bertz CT molecular complexity index is 1250. The van der Waals surface area contributed by atoms with Gasteiger partial charge < -0.3 is 14.8 Å². The van der Waals surface area contributed by atoms with E-state index in [-0.39, 0.29) is 11.8 Å². The first-order chi connectivity index (χ1) is 16.0. The number of para-hydroxylation sites is 1. The van der Waals surface area contributed by atoms with Crippen molar-refractivity contribution in [1.82, 2.24) is 14.8 Å². The van der Waals surface area contributed by atoms with Crippen LogP contribution in [-0.2, 0) is 29.6 Å². The maximum Gasteiger partial charge on any atom is 0.247 e. The Morgan fingerprint density at radius 3 is 2.48 bits per heavy atom. The van der Waals surface area contributed by atoms with Crippen LogP contribution in [0.3, 0.4) is 0 Å². The average molecular weight is 478 g/mol. The molecule has 0 fully saturated rings. The molecule has 2 heterocycles. The van der Waals surface area contributed by atoms with Crippen molar-refractivity contribution in [2.45, 2.75) is 31.0 Å². The molecule has 170 valence electrons. The zero-order chi connectivity index (χ0) is 23.4. The Hall–Kier alpha value is -3.03. The van der Waals surface area contributed by atoms with Crippen LogP contribution in [-0.4, -0.2) is 27.8 Å². The predicted octanol–water partition coefficient (Wildman–Crippen LogP) is 4.98. The summed E-state index contributed by atoms with van der Waals surface area (Å²) in [5, 5.41) is 8.75. The van der Waals surface area contributed by atoms with Crippen LogP contribution >= 0.6 is 24.0 Å². The fraction of sp³-hybridized carbons (Fsp3) is 0.231. The molecule has 0 bridgehead atoms. The first-order valence-electron chi connectivity index (χ1n) is 10.8. The normalized spacial score (nSPS) is 12.0. The van der Waals surface area contributed by atoms with E-state index in [1.54, 1.807) is 16.2 Å². The number of nitrogens with zero attached hydrogens (tertiary/aromatic N) is 2. The van der Waals surface area contributed by atoms with Crippen LogP contribution in [0.15, 0.2) is 76.4 Å². The van der Waals surface area contributed by atoms with Gasteiger partial charge in [-0.05, 0) is 40.4 Å². The van der Waals surface area contributed by atoms with Gasteiger partial charge in [0.1, 0.15) is 6.04 Å². The minimum absolute atomic E-state index is 0.147. The fourth-order valence-electron chi connectivity index (χ4n) is 4.14. The summed E-state index contributed by atoms with van der Waals surface area (Å²) in [4.78, 5) is 28.2. The Balaban J connectivity index is 1.73. The van der Waals surface area contributed by atoms with Gasteiger partial charge in [0, 0.05) is 43.5 Å². The van der Waals surface area contributed by atoms with Crippen LogP contribution in [0.5, 0.6) is 0 Å². The molecule has 1 unspecified atom stereocenters. The van der Waals surface area contributed by atoms with E-state index in [4.69, 9.17) is 12.6 Å². The number of nitrogens with one attached hydrogen (secondary N) is 1. The number of hydrogen-bond donors (Lipinski definition) is 2. The van der Waals surface area contributed by atoms with Crippen molar-refractivity contribution in [2.75, 3.05) is 6.54 Å². The Morgan fingerprint density at radius 2 is 1.79 bits per heavy atom. The molecule has 4 rings (SSSR count). The van der Waals surface area contributed by atoms with Crippen LogP contribution in [0.2, 0.25) is 0 Å². The molecule has 5 nitrogen and oxygen atoms in total. The fourth-order valence-corrected chi connectivity index (χ4v) is 5.20. The predicted molar refractivity (Wildman–Crippen MR) is 137 cm³/mol. The number of amides is 2. The van der Waals surface area contributed by atoms with E-state index in [1.165, 1.54) is 6.92 Å². The highest BCUT2D eigenvalue weighted by Crippen LogP contribution is 2.36. The second-order valence-corrected chi connectivity index (χ2v) is 9.22. The third-order valence-electron chi connectivity index (χ3n) is 5.88. The number of fused-ring (bicyclic) bond motifs is 1. The second kappa shape index (κ2) is 10.3. The number of thiol groups is 1. The lowest BCUT2D eigenvalue weighted by Crippen LogP contribution is -2.43. The van der Waals surface area contributed by atoms with E-state index in [0.717, 1.165) is 27.6 Å². The van der Waals surface area contributed by atoms with Crippen molar-refractivity contribution >= 4 is 46.7 Å². The molecule has 0 saturated carbocycles. The Kier molecular flexibility index (Phi) is 7.20. The van der Waals surface area contributed by atoms with E-state index >= 15 is 0 Å². The lowest BCUT2D eigenvalue weighted by atomic mass is 10.0. The van der Waals surface area contributed by atoms with Gasteiger partial charge >= 0.3 is 0 Å². The third-order valence-corrected chi connectivity index (χ3v) is 7.16. The monoisotopic (exact) mass is 477 g/mol. The highest BCUT2D eigenvalue weighted by Gasteiger charge is 2.34. The van der Waals surface area contributed by atoms with Crippen LogP contribution < -0.4 is 5.32 Å². The van der Waals surface area contributed by atoms with Crippen molar-refractivity contribution in [1.29, 1.82) is 0 Å². The van der Waals surface area contributed by atoms with Crippen LogP contribution in [0.25, 0.3) is 10.9 Å². The molecule has 0 spiro atoms. The summed E-state index contributed by atoms with van der Waals surface area (Å²) in [5.74, 6) is -0.364. The molecular weight excluding hydrogens is 450 g/mol. The van der Waals surface area contributed by atoms with Gasteiger partial charge in [-0.25, -0.2) is 0 Å². The number of rotatable bonds is 8. The first-order valence-corrected chi connectivity index (χ1v) is 12.2. The number of carbonyl (C=O) groups is 2. The van der Waals surface area contributed by atoms with Gasteiger partial charge in [0.2, 0.25) is 11.8 Å². The minimum atomic E-state index is -0.788. The van der Waals surface area contributed by atoms with Crippen LogP contribution in [0.1, 0.15) is 29.7 Å². The Labute approximate surface area is 203 Å². The van der Waals surface area contributed by atoms with Crippen LogP contribution in [0.4, 0.5) is 0 Å². The lowest BCUT2D eigenvalue weighted by Gasteiger charge is -2.30. The van der Waals surface area contributed by atoms with E-state index in [2.05, 4.69) is 16.8 Å². The quantitative estimate of drug-likeness (QED) is 0.352. The molecule has 2 aromatic carbocycles. The maximum atomic E-state index is 13.7. The number of aromatic nitrogens is 1. The van der Waals surface area contributed by atoms with Crippen LogP contribution in [0, 0.1) is 0 Å². The highest BCUT2D eigenvalue weighted by molar-refractivity contribution is 7.80. The van der Waals surface area contributed by atoms with E-state index in [1.807, 2.05) is 71.6 Å². The van der Waals surface area contributed by atoms with Gasteiger partial charge in [-0.1, -0.05) is 48.5 Å². The van der Waals surface area contributed by atoms with E-state index < -0.39 is 6.04 Å². The van der Waals surface area contributed by atoms with Crippen molar-refractivity contribution in [3.63, 3.8) is 0 Å². The zero-order valence-electron chi connectivity index (χ0n) is 18.7. The number of aryl methyl sites for hydroxylation is 1. The smallest absolute Gasteiger partial charge is 0.247 e. The summed E-state index contributed by atoms with van der Waals surface area (Å²) < 4.78 is 1.96. The summed E-state index contributed by atoms with van der Waals surface area (Å²) in [6.45, 7) is 2.35. The number of carbonyl (C=O) groups excluding carboxylic acids is 2. The van der Waals surface area contributed by atoms with E-state index in [9.17, 15) is 9.59 Å². The summed E-state index contributed by atoms with van der Waals surface area (Å²) in [6.07, 6.45) is 0.679. The molecule has 0 radical (unpaired) electrons. The first kappa shape index (κ1) is 23.1. The van der Waals surface area contributed by atoms with Crippen molar-refractivity contribution in [3.8, 4) is 0 Å². The topological polar surface area (TPSA) is 54.3 Å². The second-order valence-electron chi connectivity index (χ2n) is 8.01. The van der Waals surface area contributed by atoms with E-state index in [0.29, 0.717) is 24.5 Å². The molecule has 1 N–H and O–H groups in total. The summed E-state index contributed by atoms with van der Waals surface area (Å²) >= 11 is 6.41. The Morgan fingerprint density at radius 1 is 1.06 bits per heavy atom. The average Bonchev–Trinajstić information content (AvgIpc) is 3.43. The number of benzene rings is 2. The van der Waals surface area contributed by atoms with Gasteiger partial charge in [-0.15, -0.1) is 12.6 Å². The number of thiophene rings is 1. The zero-order valence-corrected chi connectivity index (χ0v) is 20.4. The lowest BCUT2D eigenvalue weighted by molar-refractivity contribution is -0.139. The van der Waals surface area contributed by atoms with Crippen molar-refractivity contribution in [2.24, 2.45) is 7.05 Å². The molecule has 2 amide bonds. The molecule has 0 aliphatic rings. The molecule has 0 saturated heterocycles. The molecule has 7 heteroatoms. The SMILES string of the molecule is CC(=O)N(CCc1ccsc1)C(C(=O)NCc1ccccc1)c1c(S)n(C)c2ccccc12. The van der Waals surface area contributed by atoms with Gasteiger partial charge in [0.15, 0.2) is 0 Å². The molecule has 0 aliphatic carbocycles. The third kappa shape index (κ3) is 4.99. The number of hydrogen-bond acceptors (Lipinski definition) is 4. The largest absolute Gasteiger partial charge is 0.350 e. The van der Waals surface area contributed by atoms with Crippen molar-refractivity contribution < 1.29 is 9.59 Å². The molecular formula is C26H27N3O2S2. The van der Waals surface area contributed by atoms with Crippen molar-refractivity contribution in [3.05, 3.63) is 88.1 Å². The van der Waals surface area contributed by atoms with Gasteiger partial charge in [0.25, 0.3) is 0 Å².